The zero-order valence-corrected chi connectivity index (χ0v) is 11.8. The van der Waals surface area contributed by atoms with Crippen molar-refractivity contribution in [3.63, 3.8) is 0 Å². The molecule has 0 fully saturated rings. The van der Waals surface area contributed by atoms with Gasteiger partial charge in [0.05, 0.1) is 11.1 Å². The number of benzene rings is 2. The molecular formula is C17H14O4. The standard InChI is InChI=1S/C17H14O4/c1-11-7-3-4-8-13(11)16(19)21-17(20)15-10-6-5-9-14(15)12(2)18/h3-10H,1-2H3. The first-order chi connectivity index (χ1) is 10.0. The summed E-state index contributed by atoms with van der Waals surface area (Å²) in [6, 6.07) is 13.1. The molecule has 21 heavy (non-hydrogen) atoms. The molecule has 0 atom stereocenters. The normalized spacial score (nSPS) is 10.0. The fraction of sp³-hybridized carbons (Fsp3) is 0.118. The van der Waals surface area contributed by atoms with Crippen LogP contribution < -0.4 is 0 Å². The van der Waals surface area contributed by atoms with Crippen LogP contribution in [-0.2, 0) is 4.74 Å². The Labute approximate surface area is 122 Å². The van der Waals surface area contributed by atoms with Crippen LogP contribution in [0.3, 0.4) is 0 Å². The number of carbonyl (C=O) groups is 3. The molecule has 0 N–H and O–H groups in total. The number of rotatable bonds is 3. The molecule has 0 radical (unpaired) electrons. The Morgan fingerprint density at radius 1 is 0.762 bits per heavy atom. The molecule has 0 unspecified atom stereocenters. The fourth-order valence-electron chi connectivity index (χ4n) is 1.96. The summed E-state index contributed by atoms with van der Waals surface area (Å²) in [7, 11) is 0. The smallest absolute Gasteiger partial charge is 0.346 e. The van der Waals surface area contributed by atoms with Crippen LogP contribution in [0.5, 0.6) is 0 Å². The number of carbonyl (C=O) groups excluding carboxylic acids is 3. The zero-order valence-electron chi connectivity index (χ0n) is 11.8. The highest BCUT2D eigenvalue weighted by atomic mass is 16.6. The highest BCUT2D eigenvalue weighted by molar-refractivity contribution is 6.09. The Balaban J connectivity index is 2.25. The topological polar surface area (TPSA) is 60.4 Å². The monoisotopic (exact) mass is 282 g/mol. The van der Waals surface area contributed by atoms with E-state index in [1.54, 1.807) is 43.3 Å². The molecule has 0 bridgehead atoms. The summed E-state index contributed by atoms with van der Waals surface area (Å²) < 4.78 is 4.86. The van der Waals surface area contributed by atoms with Crippen LogP contribution in [-0.4, -0.2) is 17.7 Å². The van der Waals surface area contributed by atoms with Gasteiger partial charge >= 0.3 is 11.9 Å². The average molecular weight is 282 g/mol. The Bertz CT molecular complexity index is 716. The molecule has 4 heteroatoms. The molecule has 0 saturated heterocycles. The number of hydrogen-bond donors (Lipinski definition) is 0. The van der Waals surface area contributed by atoms with E-state index in [1.807, 2.05) is 0 Å². The summed E-state index contributed by atoms with van der Waals surface area (Å²) >= 11 is 0. The average Bonchev–Trinajstić information content (AvgIpc) is 2.47. The first kappa shape index (κ1) is 14.7. The molecule has 0 saturated carbocycles. The molecule has 2 aromatic carbocycles. The third-order valence-corrected chi connectivity index (χ3v) is 3.08. The Morgan fingerprint density at radius 2 is 1.24 bits per heavy atom. The fourth-order valence-corrected chi connectivity index (χ4v) is 1.96. The lowest BCUT2D eigenvalue weighted by Gasteiger charge is -2.07. The molecule has 106 valence electrons. The maximum absolute atomic E-state index is 12.1. The van der Waals surface area contributed by atoms with Crippen molar-refractivity contribution < 1.29 is 19.1 Å². The third kappa shape index (κ3) is 3.23. The van der Waals surface area contributed by atoms with Gasteiger partial charge in [-0.3, -0.25) is 4.79 Å². The Morgan fingerprint density at radius 3 is 1.81 bits per heavy atom. The number of hydrogen-bond acceptors (Lipinski definition) is 4. The third-order valence-electron chi connectivity index (χ3n) is 3.08. The molecule has 4 nitrogen and oxygen atoms in total. The predicted molar refractivity (Wildman–Crippen MR) is 77.4 cm³/mol. The van der Waals surface area contributed by atoms with E-state index in [0.29, 0.717) is 5.56 Å². The number of esters is 2. The van der Waals surface area contributed by atoms with Crippen LogP contribution in [0, 0.1) is 6.92 Å². The molecule has 0 aliphatic heterocycles. The van der Waals surface area contributed by atoms with E-state index >= 15 is 0 Å². The van der Waals surface area contributed by atoms with E-state index in [-0.39, 0.29) is 16.9 Å². The van der Waals surface area contributed by atoms with E-state index < -0.39 is 11.9 Å². The van der Waals surface area contributed by atoms with Crippen LogP contribution in [0.25, 0.3) is 0 Å². The van der Waals surface area contributed by atoms with Gasteiger partial charge in [-0.15, -0.1) is 0 Å². The summed E-state index contributed by atoms with van der Waals surface area (Å²) in [5, 5.41) is 0. The van der Waals surface area contributed by atoms with E-state index in [0.717, 1.165) is 5.56 Å². The van der Waals surface area contributed by atoms with Crippen molar-refractivity contribution in [1.82, 2.24) is 0 Å². The van der Waals surface area contributed by atoms with Crippen LogP contribution in [0.15, 0.2) is 48.5 Å². The van der Waals surface area contributed by atoms with Gasteiger partial charge in [0.2, 0.25) is 0 Å². The van der Waals surface area contributed by atoms with Gasteiger partial charge in [0, 0.05) is 5.56 Å². The lowest BCUT2D eigenvalue weighted by Crippen LogP contribution is -2.16. The minimum atomic E-state index is -0.825. The van der Waals surface area contributed by atoms with Gasteiger partial charge in [-0.25, -0.2) is 9.59 Å². The molecular weight excluding hydrogens is 268 g/mol. The minimum Gasteiger partial charge on any atom is -0.386 e. The maximum atomic E-state index is 12.1. The molecule has 0 heterocycles. The second kappa shape index (κ2) is 6.13. The van der Waals surface area contributed by atoms with E-state index in [9.17, 15) is 14.4 Å². The number of aryl methyl sites for hydroxylation is 1. The van der Waals surface area contributed by atoms with Gasteiger partial charge in [-0.2, -0.15) is 0 Å². The van der Waals surface area contributed by atoms with Crippen molar-refractivity contribution in [1.29, 1.82) is 0 Å². The lowest BCUT2D eigenvalue weighted by molar-refractivity contribution is 0.0395. The highest BCUT2D eigenvalue weighted by Crippen LogP contribution is 2.14. The SMILES string of the molecule is CC(=O)c1ccccc1C(=O)OC(=O)c1ccccc1C. The van der Waals surface area contributed by atoms with Crippen LogP contribution in [0.2, 0.25) is 0 Å². The largest absolute Gasteiger partial charge is 0.386 e. The van der Waals surface area contributed by atoms with Crippen molar-refractivity contribution >= 4 is 17.7 Å². The van der Waals surface area contributed by atoms with Crippen LogP contribution >= 0.6 is 0 Å². The summed E-state index contributed by atoms with van der Waals surface area (Å²) in [6.07, 6.45) is 0. The second-order valence-corrected chi connectivity index (χ2v) is 4.59. The zero-order chi connectivity index (χ0) is 15.4. The number of ether oxygens (including phenoxy) is 1. The van der Waals surface area contributed by atoms with E-state index in [4.69, 9.17) is 4.74 Å². The van der Waals surface area contributed by atoms with Gasteiger partial charge in [0.15, 0.2) is 5.78 Å². The van der Waals surface area contributed by atoms with Crippen LogP contribution in [0.4, 0.5) is 0 Å². The van der Waals surface area contributed by atoms with Crippen molar-refractivity contribution in [3.05, 3.63) is 70.8 Å². The van der Waals surface area contributed by atoms with E-state index in [1.165, 1.54) is 19.1 Å². The molecule has 0 amide bonds. The molecule has 0 aliphatic rings. The minimum absolute atomic E-state index is 0.0898. The van der Waals surface area contributed by atoms with E-state index in [2.05, 4.69) is 0 Å². The van der Waals surface area contributed by atoms with Crippen molar-refractivity contribution in [2.75, 3.05) is 0 Å². The summed E-state index contributed by atoms with van der Waals surface area (Å²) in [5.41, 5.74) is 1.37. The molecule has 0 spiro atoms. The molecule has 0 aromatic heterocycles. The molecule has 2 aromatic rings. The van der Waals surface area contributed by atoms with Gasteiger partial charge in [-0.05, 0) is 31.5 Å². The van der Waals surface area contributed by atoms with Gasteiger partial charge in [0.25, 0.3) is 0 Å². The summed E-state index contributed by atoms with van der Waals surface area (Å²) in [6.45, 7) is 3.11. The van der Waals surface area contributed by atoms with Crippen molar-refractivity contribution in [2.45, 2.75) is 13.8 Å². The Kier molecular flexibility index (Phi) is 4.28. The second-order valence-electron chi connectivity index (χ2n) is 4.59. The molecule has 2 rings (SSSR count). The van der Waals surface area contributed by atoms with Gasteiger partial charge in [-0.1, -0.05) is 36.4 Å². The maximum Gasteiger partial charge on any atom is 0.346 e. The van der Waals surface area contributed by atoms with Gasteiger partial charge < -0.3 is 4.74 Å². The first-order valence-corrected chi connectivity index (χ1v) is 6.43. The van der Waals surface area contributed by atoms with Crippen molar-refractivity contribution in [2.24, 2.45) is 0 Å². The summed E-state index contributed by atoms with van der Waals surface area (Å²) in [4.78, 5) is 35.6. The predicted octanol–water partition coefficient (Wildman–Crippen LogP) is 3.19. The first-order valence-electron chi connectivity index (χ1n) is 6.43. The summed E-state index contributed by atoms with van der Waals surface area (Å²) in [5.74, 6) is -1.81. The quantitative estimate of drug-likeness (QED) is 0.493. The number of ketones is 1. The number of Topliss-reactive ketones (excluding diaryl/α,β-unsaturated/α-hetero) is 1. The van der Waals surface area contributed by atoms with Gasteiger partial charge in [0.1, 0.15) is 0 Å². The lowest BCUT2D eigenvalue weighted by atomic mass is 10.0. The highest BCUT2D eigenvalue weighted by Gasteiger charge is 2.20. The molecule has 0 aliphatic carbocycles. The van der Waals surface area contributed by atoms with Crippen molar-refractivity contribution in [3.8, 4) is 0 Å². The van der Waals surface area contributed by atoms with Crippen LogP contribution in [0.1, 0.15) is 43.6 Å². The Hall–Kier alpha value is -2.75.